The Morgan fingerprint density at radius 1 is 1.25 bits per heavy atom. The molecule has 0 radical (unpaired) electrons. The van der Waals surface area contributed by atoms with E-state index in [1.807, 2.05) is 6.07 Å². The van der Waals surface area contributed by atoms with E-state index in [2.05, 4.69) is 49.6 Å². The number of aryl methyl sites for hydroxylation is 1. The first-order valence-electron chi connectivity index (χ1n) is 7.80. The van der Waals surface area contributed by atoms with Gasteiger partial charge in [0.2, 0.25) is 5.91 Å². The van der Waals surface area contributed by atoms with E-state index in [1.54, 1.807) is 0 Å². The van der Waals surface area contributed by atoms with Gasteiger partial charge in [-0.15, -0.1) is 0 Å². The lowest BCUT2D eigenvalue weighted by Gasteiger charge is -2.35. The molecule has 0 aromatic heterocycles. The van der Waals surface area contributed by atoms with Gasteiger partial charge in [0.05, 0.1) is 0 Å². The van der Waals surface area contributed by atoms with Crippen molar-refractivity contribution in [1.29, 1.82) is 0 Å². The number of carbonyl (C=O) groups excluding carboxylic acids is 1. The van der Waals surface area contributed by atoms with Gasteiger partial charge in [-0.05, 0) is 43.7 Å². The number of para-hydroxylation sites is 1. The van der Waals surface area contributed by atoms with E-state index < -0.39 is 0 Å². The molecule has 1 atom stereocenters. The maximum Gasteiger partial charge on any atom is 0.242 e. The van der Waals surface area contributed by atoms with Crippen LogP contribution in [0, 0.1) is 0 Å². The number of anilines is 1. The van der Waals surface area contributed by atoms with Gasteiger partial charge in [0.1, 0.15) is 6.04 Å². The number of hydrogen-bond donors (Lipinski definition) is 2. The molecule has 0 spiro atoms. The maximum atomic E-state index is 12.5. The first kappa shape index (κ1) is 14.9. The van der Waals surface area contributed by atoms with Crippen LogP contribution in [-0.2, 0) is 11.2 Å². The Labute approximate surface area is 122 Å². The summed E-state index contributed by atoms with van der Waals surface area (Å²) < 4.78 is 0. The molecular formula is C17H26N2O. The minimum Gasteiger partial charge on any atom is -0.373 e. The van der Waals surface area contributed by atoms with Crippen LogP contribution >= 0.6 is 0 Å². The third-order valence-electron chi connectivity index (χ3n) is 4.78. The number of benzene rings is 1. The highest BCUT2D eigenvalue weighted by molar-refractivity contribution is 5.86. The Balaban J connectivity index is 2.05. The quantitative estimate of drug-likeness (QED) is 0.863. The Kier molecular flexibility index (Phi) is 4.69. The lowest BCUT2D eigenvalue weighted by molar-refractivity contribution is -0.124. The number of amides is 1. The molecule has 2 N–H and O–H groups in total. The molecule has 0 bridgehead atoms. The van der Waals surface area contributed by atoms with Crippen LogP contribution in [0.15, 0.2) is 24.3 Å². The molecule has 20 heavy (non-hydrogen) atoms. The third kappa shape index (κ3) is 2.97. The third-order valence-corrected chi connectivity index (χ3v) is 4.78. The van der Waals surface area contributed by atoms with Crippen molar-refractivity contribution in [3.05, 3.63) is 29.8 Å². The van der Waals surface area contributed by atoms with E-state index in [-0.39, 0.29) is 17.5 Å². The molecule has 2 rings (SSSR count). The van der Waals surface area contributed by atoms with Crippen LogP contribution in [-0.4, -0.2) is 17.5 Å². The summed E-state index contributed by atoms with van der Waals surface area (Å²) >= 11 is 0. The molecule has 1 aromatic rings. The lowest BCUT2D eigenvalue weighted by Crippen LogP contribution is -2.53. The van der Waals surface area contributed by atoms with Crippen LogP contribution in [0.1, 0.15) is 52.0 Å². The summed E-state index contributed by atoms with van der Waals surface area (Å²) in [6.07, 6.45) is 4.79. The summed E-state index contributed by atoms with van der Waals surface area (Å²) in [5.41, 5.74) is 2.37. The zero-order valence-electron chi connectivity index (χ0n) is 12.8. The number of rotatable bonds is 5. The highest BCUT2D eigenvalue weighted by Gasteiger charge is 2.30. The van der Waals surface area contributed by atoms with Crippen LogP contribution in [0.3, 0.4) is 0 Å². The summed E-state index contributed by atoms with van der Waals surface area (Å²) in [6, 6.07) is 8.15. The van der Waals surface area contributed by atoms with Crippen LogP contribution in [0.5, 0.6) is 0 Å². The first-order chi connectivity index (χ1) is 9.64. The second kappa shape index (κ2) is 6.29. The molecule has 1 heterocycles. The summed E-state index contributed by atoms with van der Waals surface area (Å²) in [7, 11) is 0. The lowest BCUT2D eigenvalue weighted by atomic mass is 9.88. The van der Waals surface area contributed by atoms with Crippen molar-refractivity contribution < 1.29 is 4.79 Å². The molecule has 0 saturated heterocycles. The van der Waals surface area contributed by atoms with Crippen LogP contribution in [0.2, 0.25) is 0 Å². The molecule has 0 aliphatic carbocycles. The molecule has 1 aromatic carbocycles. The predicted molar refractivity (Wildman–Crippen MR) is 83.9 cm³/mol. The molecule has 0 fully saturated rings. The van der Waals surface area contributed by atoms with Gasteiger partial charge in [-0.3, -0.25) is 4.79 Å². The second-order valence-corrected chi connectivity index (χ2v) is 5.72. The van der Waals surface area contributed by atoms with E-state index in [0.29, 0.717) is 0 Å². The number of nitrogens with one attached hydrogen (secondary N) is 2. The second-order valence-electron chi connectivity index (χ2n) is 5.72. The summed E-state index contributed by atoms with van der Waals surface area (Å²) in [4.78, 5) is 12.5. The minimum absolute atomic E-state index is 0.0459. The summed E-state index contributed by atoms with van der Waals surface area (Å²) in [5, 5.41) is 6.66. The van der Waals surface area contributed by atoms with Gasteiger partial charge in [-0.1, -0.05) is 39.0 Å². The molecule has 1 unspecified atom stereocenters. The van der Waals surface area contributed by atoms with Crippen molar-refractivity contribution in [2.45, 2.75) is 64.5 Å². The van der Waals surface area contributed by atoms with E-state index in [4.69, 9.17) is 0 Å². The van der Waals surface area contributed by atoms with Crippen LogP contribution in [0.25, 0.3) is 0 Å². The van der Waals surface area contributed by atoms with Crippen molar-refractivity contribution in [3.8, 4) is 0 Å². The van der Waals surface area contributed by atoms with Gasteiger partial charge in [0.25, 0.3) is 0 Å². The summed E-state index contributed by atoms with van der Waals surface area (Å²) in [6.45, 7) is 6.45. The van der Waals surface area contributed by atoms with Gasteiger partial charge >= 0.3 is 0 Å². The smallest absolute Gasteiger partial charge is 0.242 e. The van der Waals surface area contributed by atoms with Crippen LogP contribution in [0.4, 0.5) is 5.69 Å². The fourth-order valence-corrected chi connectivity index (χ4v) is 3.00. The van der Waals surface area contributed by atoms with Crippen molar-refractivity contribution >= 4 is 11.6 Å². The van der Waals surface area contributed by atoms with E-state index in [0.717, 1.165) is 37.8 Å². The zero-order chi connectivity index (χ0) is 14.6. The van der Waals surface area contributed by atoms with E-state index in [9.17, 15) is 4.79 Å². The standard InChI is InChI=1S/C17H26N2O/c1-4-17(5-2,6-3)19-16(20)15-12-11-13-9-7-8-10-14(13)18-15/h7-10,15,18H,4-6,11-12H2,1-3H3,(H,19,20). The van der Waals surface area contributed by atoms with Crippen molar-refractivity contribution in [3.63, 3.8) is 0 Å². The fraction of sp³-hybridized carbons (Fsp3) is 0.588. The SMILES string of the molecule is CCC(CC)(CC)NC(=O)C1CCc2ccccc2N1. The molecule has 1 aliphatic heterocycles. The maximum absolute atomic E-state index is 12.5. The van der Waals surface area contributed by atoms with Crippen molar-refractivity contribution in [1.82, 2.24) is 5.32 Å². The van der Waals surface area contributed by atoms with Gasteiger partial charge in [-0.25, -0.2) is 0 Å². The summed E-state index contributed by atoms with van der Waals surface area (Å²) in [5.74, 6) is 0.144. The van der Waals surface area contributed by atoms with Gasteiger partial charge in [0, 0.05) is 11.2 Å². The van der Waals surface area contributed by atoms with Gasteiger partial charge in [-0.2, -0.15) is 0 Å². The fourth-order valence-electron chi connectivity index (χ4n) is 3.00. The average Bonchev–Trinajstić information content (AvgIpc) is 2.52. The van der Waals surface area contributed by atoms with E-state index >= 15 is 0 Å². The monoisotopic (exact) mass is 274 g/mol. The Morgan fingerprint density at radius 3 is 2.55 bits per heavy atom. The number of hydrogen-bond acceptors (Lipinski definition) is 2. The molecule has 1 aliphatic rings. The van der Waals surface area contributed by atoms with E-state index in [1.165, 1.54) is 5.56 Å². The molecule has 0 saturated carbocycles. The average molecular weight is 274 g/mol. The molecular weight excluding hydrogens is 248 g/mol. The molecule has 3 heteroatoms. The Hall–Kier alpha value is -1.51. The highest BCUT2D eigenvalue weighted by atomic mass is 16.2. The Bertz CT molecular complexity index is 458. The van der Waals surface area contributed by atoms with Gasteiger partial charge in [0.15, 0.2) is 0 Å². The van der Waals surface area contributed by atoms with Crippen molar-refractivity contribution in [2.75, 3.05) is 5.32 Å². The molecule has 3 nitrogen and oxygen atoms in total. The molecule has 110 valence electrons. The zero-order valence-corrected chi connectivity index (χ0v) is 12.8. The molecule has 1 amide bonds. The first-order valence-corrected chi connectivity index (χ1v) is 7.80. The normalized spacial score (nSPS) is 18.1. The Morgan fingerprint density at radius 2 is 1.90 bits per heavy atom. The highest BCUT2D eigenvalue weighted by Crippen LogP contribution is 2.25. The topological polar surface area (TPSA) is 41.1 Å². The largest absolute Gasteiger partial charge is 0.373 e. The number of fused-ring (bicyclic) bond motifs is 1. The minimum atomic E-state index is -0.103. The van der Waals surface area contributed by atoms with Gasteiger partial charge < -0.3 is 10.6 Å². The van der Waals surface area contributed by atoms with Crippen molar-refractivity contribution in [2.24, 2.45) is 0 Å². The number of carbonyl (C=O) groups is 1. The predicted octanol–water partition coefficient (Wildman–Crippen LogP) is 3.50. The van der Waals surface area contributed by atoms with Crippen LogP contribution < -0.4 is 10.6 Å².